The highest BCUT2D eigenvalue weighted by molar-refractivity contribution is 5.84. The molecule has 1 saturated heterocycles. The van der Waals surface area contributed by atoms with Gasteiger partial charge in [-0.15, -0.1) is 0 Å². The van der Waals surface area contributed by atoms with Crippen molar-refractivity contribution in [3.05, 3.63) is 59.9 Å². The Balaban J connectivity index is 1.88. The van der Waals surface area contributed by atoms with Gasteiger partial charge in [0.05, 0.1) is 12.1 Å². The number of halogens is 1. The normalized spacial score (nSPS) is 22.7. The lowest BCUT2D eigenvalue weighted by Crippen LogP contribution is -2.64. The van der Waals surface area contributed by atoms with Gasteiger partial charge in [-0.1, -0.05) is 42.5 Å². The van der Waals surface area contributed by atoms with Crippen molar-refractivity contribution in [1.82, 2.24) is 10.6 Å². The van der Waals surface area contributed by atoms with Gasteiger partial charge < -0.3 is 5.32 Å². The summed E-state index contributed by atoms with van der Waals surface area (Å²) in [7, 11) is 1.57. The van der Waals surface area contributed by atoms with Gasteiger partial charge in [-0.05, 0) is 17.2 Å². The molecule has 0 aromatic heterocycles. The number of nitrogens with zero attached hydrogens (tertiary/aromatic N) is 1. The van der Waals surface area contributed by atoms with E-state index in [1.807, 2.05) is 24.3 Å². The second-order valence-corrected chi connectivity index (χ2v) is 5.49. The highest BCUT2D eigenvalue weighted by atomic mass is 19.1. The van der Waals surface area contributed by atoms with Gasteiger partial charge in [-0.2, -0.15) is 5.26 Å². The maximum atomic E-state index is 13.8. The van der Waals surface area contributed by atoms with Gasteiger partial charge >= 0.3 is 0 Å². The zero-order valence-electron chi connectivity index (χ0n) is 12.6. The van der Waals surface area contributed by atoms with E-state index in [0.29, 0.717) is 5.56 Å². The number of likely N-dealkylation sites (N-methyl/N-ethyl adjacent to an activating group) is 1. The van der Waals surface area contributed by atoms with Crippen molar-refractivity contribution in [1.29, 1.82) is 5.26 Å². The first-order valence-electron chi connectivity index (χ1n) is 7.38. The Morgan fingerprint density at radius 1 is 1.22 bits per heavy atom. The Bertz CT molecular complexity index is 767. The van der Waals surface area contributed by atoms with Crippen LogP contribution in [0.4, 0.5) is 4.39 Å². The van der Waals surface area contributed by atoms with Crippen LogP contribution in [0.15, 0.2) is 48.5 Å². The molecule has 23 heavy (non-hydrogen) atoms. The second kappa shape index (κ2) is 6.19. The molecule has 0 radical (unpaired) electrons. The van der Waals surface area contributed by atoms with E-state index in [1.165, 1.54) is 6.07 Å². The molecular formula is C18H16FN3O. The maximum absolute atomic E-state index is 13.8. The highest BCUT2D eigenvalue weighted by Crippen LogP contribution is 2.33. The van der Waals surface area contributed by atoms with Crippen LogP contribution in [0.3, 0.4) is 0 Å². The zero-order valence-corrected chi connectivity index (χ0v) is 12.6. The summed E-state index contributed by atoms with van der Waals surface area (Å²) < 4.78 is 13.8. The fraction of sp³-hybridized carbons (Fsp3) is 0.222. The minimum absolute atomic E-state index is 0.139. The lowest BCUT2D eigenvalue weighted by molar-refractivity contribution is -0.125. The van der Waals surface area contributed by atoms with E-state index in [0.717, 1.165) is 11.1 Å². The molecule has 4 nitrogen and oxygen atoms in total. The van der Waals surface area contributed by atoms with Crippen LogP contribution in [0.2, 0.25) is 0 Å². The van der Waals surface area contributed by atoms with Crippen molar-refractivity contribution in [2.24, 2.45) is 0 Å². The second-order valence-electron chi connectivity index (χ2n) is 5.49. The van der Waals surface area contributed by atoms with Gasteiger partial charge in [0.1, 0.15) is 11.9 Å². The van der Waals surface area contributed by atoms with Gasteiger partial charge in [-0.25, -0.2) is 4.39 Å². The average Bonchev–Trinajstić information content (AvgIpc) is 2.55. The molecule has 2 N–H and O–H groups in total. The lowest BCUT2D eigenvalue weighted by atomic mass is 9.77. The summed E-state index contributed by atoms with van der Waals surface area (Å²) in [6.07, 6.45) is 0. The van der Waals surface area contributed by atoms with Crippen LogP contribution < -0.4 is 10.6 Å². The number of nitrogens with one attached hydrogen (secondary N) is 2. The average molecular weight is 309 g/mol. The number of rotatable bonds is 3. The number of carbonyl (C=O) groups is 1. The van der Waals surface area contributed by atoms with Crippen LogP contribution in [-0.4, -0.2) is 25.0 Å². The standard InChI is InChI=1S/C18H16FN3O/c1-21-18(23)17-16(15(10-20)22-17)12-8-6-11(7-9-12)13-4-2-3-5-14(13)19/h2-9,15-17,22H,1H3,(H,21,23)/t15-,16+,17+/m0/s1. The van der Waals surface area contributed by atoms with Gasteiger partial charge in [0, 0.05) is 18.5 Å². The molecule has 1 heterocycles. The third-order valence-corrected chi connectivity index (χ3v) is 4.23. The van der Waals surface area contributed by atoms with E-state index >= 15 is 0 Å². The summed E-state index contributed by atoms with van der Waals surface area (Å²) >= 11 is 0. The number of hydrogen-bond donors (Lipinski definition) is 2. The van der Waals surface area contributed by atoms with Crippen molar-refractivity contribution in [2.75, 3.05) is 7.05 Å². The van der Waals surface area contributed by atoms with E-state index < -0.39 is 12.1 Å². The van der Waals surface area contributed by atoms with Gasteiger partial charge in [0.15, 0.2) is 0 Å². The molecule has 1 amide bonds. The van der Waals surface area contributed by atoms with E-state index in [-0.39, 0.29) is 17.6 Å². The van der Waals surface area contributed by atoms with Crippen molar-refractivity contribution in [3.63, 3.8) is 0 Å². The Labute approximate surface area is 133 Å². The Morgan fingerprint density at radius 2 is 1.91 bits per heavy atom. The maximum Gasteiger partial charge on any atom is 0.237 e. The van der Waals surface area contributed by atoms with E-state index in [1.54, 1.807) is 25.2 Å². The number of amides is 1. The summed E-state index contributed by atoms with van der Waals surface area (Å²) in [5, 5.41) is 14.7. The zero-order chi connectivity index (χ0) is 16.4. The third kappa shape index (κ3) is 2.69. The molecule has 0 aliphatic carbocycles. The molecule has 0 unspecified atom stereocenters. The van der Waals surface area contributed by atoms with Crippen molar-refractivity contribution < 1.29 is 9.18 Å². The first-order chi connectivity index (χ1) is 11.2. The first-order valence-corrected chi connectivity index (χ1v) is 7.38. The monoisotopic (exact) mass is 309 g/mol. The summed E-state index contributed by atoms with van der Waals surface area (Å²) in [4.78, 5) is 11.8. The molecule has 0 spiro atoms. The highest BCUT2D eigenvalue weighted by Gasteiger charge is 2.45. The molecule has 2 aromatic carbocycles. The summed E-state index contributed by atoms with van der Waals surface area (Å²) in [6, 6.07) is 15.3. The molecular weight excluding hydrogens is 293 g/mol. The van der Waals surface area contributed by atoms with Gasteiger partial charge in [0.25, 0.3) is 0 Å². The SMILES string of the molecule is CNC(=O)[C@@H]1N[C@@H](C#N)[C@H]1c1ccc(-c2ccccc2F)cc1. The minimum Gasteiger partial charge on any atom is -0.358 e. The predicted octanol–water partition coefficient (Wildman–Crippen LogP) is 2.19. The van der Waals surface area contributed by atoms with E-state index in [9.17, 15) is 9.18 Å². The topological polar surface area (TPSA) is 64.9 Å². The van der Waals surface area contributed by atoms with Crippen LogP contribution >= 0.6 is 0 Å². The molecule has 0 saturated carbocycles. The lowest BCUT2D eigenvalue weighted by Gasteiger charge is -2.41. The Morgan fingerprint density at radius 3 is 2.52 bits per heavy atom. The van der Waals surface area contributed by atoms with Gasteiger partial charge in [0.2, 0.25) is 5.91 Å². The molecule has 1 aliphatic rings. The van der Waals surface area contributed by atoms with Crippen LogP contribution in [0.5, 0.6) is 0 Å². The van der Waals surface area contributed by atoms with Crippen LogP contribution in [0.25, 0.3) is 11.1 Å². The third-order valence-electron chi connectivity index (χ3n) is 4.23. The number of benzene rings is 2. The molecule has 2 aromatic rings. The Kier molecular flexibility index (Phi) is 4.09. The predicted molar refractivity (Wildman–Crippen MR) is 85.0 cm³/mol. The molecule has 3 rings (SSSR count). The van der Waals surface area contributed by atoms with Crippen LogP contribution in [0, 0.1) is 17.1 Å². The molecule has 1 aliphatic heterocycles. The van der Waals surface area contributed by atoms with Crippen LogP contribution in [0.1, 0.15) is 11.5 Å². The number of hydrogen-bond acceptors (Lipinski definition) is 3. The summed E-state index contributed by atoms with van der Waals surface area (Å²) in [5.41, 5.74) is 2.19. The van der Waals surface area contributed by atoms with Crippen molar-refractivity contribution >= 4 is 5.91 Å². The van der Waals surface area contributed by atoms with E-state index in [4.69, 9.17) is 5.26 Å². The minimum atomic E-state index is -0.413. The summed E-state index contributed by atoms with van der Waals surface area (Å²) in [5.74, 6) is -0.613. The number of carbonyl (C=O) groups excluding carboxylic acids is 1. The fourth-order valence-electron chi connectivity index (χ4n) is 2.95. The fourth-order valence-corrected chi connectivity index (χ4v) is 2.95. The van der Waals surface area contributed by atoms with Crippen molar-refractivity contribution in [3.8, 4) is 17.2 Å². The van der Waals surface area contributed by atoms with Crippen LogP contribution in [-0.2, 0) is 4.79 Å². The smallest absolute Gasteiger partial charge is 0.237 e. The first kappa shape index (κ1) is 15.2. The molecule has 5 heteroatoms. The Hall–Kier alpha value is -2.71. The quantitative estimate of drug-likeness (QED) is 0.913. The number of nitriles is 1. The van der Waals surface area contributed by atoms with Gasteiger partial charge in [-0.3, -0.25) is 10.1 Å². The molecule has 116 valence electrons. The van der Waals surface area contributed by atoms with Crippen molar-refractivity contribution in [2.45, 2.75) is 18.0 Å². The molecule has 1 fully saturated rings. The largest absolute Gasteiger partial charge is 0.358 e. The summed E-state index contributed by atoms with van der Waals surface area (Å²) in [6.45, 7) is 0. The van der Waals surface area contributed by atoms with E-state index in [2.05, 4.69) is 16.7 Å². The molecule has 3 atom stereocenters. The molecule has 0 bridgehead atoms.